The maximum atomic E-state index is 6.08. The first-order valence-corrected chi connectivity index (χ1v) is 8.98. The zero-order chi connectivity index (χ0) is 16.9. The SMILES string of the molecule is CCCN(CCC)CCc1ccc(OC)c2oc3ccccc3c12.Cl. The summed E-state index contributed by atoms with van der Waals surface area (Å²) in [5.41, 5.74) is 3.14. The van der Waals surface area contributed by atoms with Gasteiger partial charge >= 0.3 is 0 Å². The van der Waals surface area contributed by atoms with E-state index in [9.17, 15) is 0 Å². The minimum absolute atomic E-state index is 0. The van der Waals surface area contributed by atoms with E-state index in [1.807, 2.05) is 18.2 Å². The molecule has 0 atom stereocenters. The Labute approximate surface area is 156 Å². The van der Waals surface area contributed by atoms with Gasteiger partial charge in [0.1, 0.15) is 5.58 Å². The Hall–Kier alpha value is -1.71. The van der Waals surface area contributed by atoms with Gasteiger partial charge in [0.05, 0.1) is 7.11 Å². The van der Waals surface area contributed by atoms with Gasteiger partial charge in [0.25, 0.3) is 0 Å². The number of rotatable bonds is 8. The van der Waals surface area contributed by atoms with Crippen LogP contribution in [0.1, 0.15) is 32.3 Å². The van der Waals surface area contributed by atoms with E-state index in [-0.39, 0.29) is 12.4 Å². The van der Waals surface area contributed by atoms with Crippen LogP contribution in [0.2, 0.25) is 0 Å². The third kappa shape index (κ3) is 4.10. The summed E-state index contributed by atoms with van der Waals surface area (Å²) < 4.78 is 11.6. The largest absolute Gasteiger partial charge is 0.493 e. The second-order valence-corrected chi connectivity index (χ2v) is 6.32. The number of fused-ring (bicyclic) bond motifs is 3. The zero-order valence-corrected chi connectivity index (χ0v) is 16.2. The Morgan fingerprint density at radius 1 is 0.960 bits per heavy atom. The highest BCUT2D eigenvalue weighted by molar-refractivity contribution is 6.08. The van der Waals surface area contributed by atoms with Crippen molar-refractivity contribution in [2.75, 3.05) is 26.7 Å². The minimum Gasteiger partial charge on any atom is -0.493 e. The Balaban J connectivity index is 0.00000225. The lowest BCUT2D eigenvalue weighted by molar-refractivity contribution is 0.278. The first-order valence-electron chi connectivity index (χ1n) is 8.98. The molecule has 0 aliphatic heterocycles. The van der Waals surface area contributed by atoms with E-state index in [0.29, 0.717) is 0 Å². The highest BCUT2D eigenvalue weighted by Crippen LogP contribution is 2.37. The van der Waals surface area contributed by atoms with E-state index >= 15 is 0 Å². The van der Waals surface area contributed by atoms with Crippen LogP contribution in [0.5, 0.6) is 5.75 Å². The molecule has 0 bridgehead atoms. The number of nitrogens with zero attached hydrogens (tertiary/aromatic N) is 1. The number of halogens is 1. The standard InChI is InChI=1S/C21H27NO2.ClH/c1-4-13-22(14-5-2)15-12-16-10-11-19(23-3)21-20(16)17-8-6-7-9-18(17)24-21;/h6-11H,4-5,12-15H2,1-3H3;1H. The lowest BCUT2D eigenvalue weighted by Gasteiger charge is -2.21. The maximum Gasteiger partial charge on any atom is 0.177 e. The molecule has 0 unspecified atom stereocenters. The molecule has 0 saturated carbocycles. The molecule has 3 nitrogen and oxygen atoms in total. The van der Waals surface area contributed by atoms with Gasteiger partial charge in [-0.2, -0.15) is 0 Å². The lowest BCUT2D eigenvalue weighted by atomic mass is 10.0. The number of furan rings is 1. The molecule has 0 spiro atoms. The third-order valence-corrected chi connectivity index (χ3v) is 4.57. The molecule has 1 aromatic heterocycles. The first-order chi connectivity index (χ1) is 11.8. The van der Waals surface area contributed by atoms with Crippen LogP contribution in [0.15, 0.2) is 40.8 Å². The molecule has 3 aromatic rings. The summed E-state index contributed by atoms with van der Waals surface area (Å²) >= 11 is 0. The molecule has 2 aromatic carbocycles. The van der Waals surface area contributed by atoms with E-state index in [4.69, 9.17) is 9.15 Å². The highest BCUT2D eigenvalue weighted by Gasteiger charge is 2.15. The number of benzene rings is 2. The van der Waals surface area contributed by atoms with E-state index < -0.39 is 0 Å². The lowest BCUT2D eigenvalue weighted by Crippen LogP contribution is -2.27. The van der Waals surface area contributed by atoms with Crippen LogP contribution in [-0.4, -0.2) is 31.6 Å². The minimum atomic E-state index is 0. The molecule has 0 radical (unpaired) electrons. The van der Waals surface area contributed by atoms with Gasteiger partial charge in [0, 0.05) is 17.3 Å². The van der Waals surface area contributed by atoms with Crippen molar-refractivity contribution in [3.63, 3.8) is 0 Å². The van der Waals surface area contributed by atoms with Crippen molar-refractivity contribution in [2.24, 2.45) is 0 Å². The molecule has 4 heteroatoms. The smallest absolute Gasteiger partial charge is 0.177 e. The summed E-state index contributed by atoms with van der Waals surface area (Å²) in [7, 11) is 1.70. The van der Waals surface area contributed by atoms with Gasteiger partial charge in [-0.25, -0.2) is 0 Å². The van der Waals surface area contributed by atoms with Gasteiger partial charge in [-0.15, -0.1) is 12.4 Å². The van der Waals surface area contributed by atoms with Gasteiger partial charge < -0.3 is 14.1 Å². The van der Waals surface area contributed by atoms with Crippen molar-refractivity contribution in [1.82, 2.24) is 4.90 Å². The highest BCUT2D eigenvalue weighted by atomic mass is 35.5. The summed E-state index contributed by atoms with van der Waals surface area (Å²) in [5, 5.41) is 2.39. The molecule has 0 N–H and O–H groups in total. The average molecular weight is 362 g/mol. The molecule has 136 valence electrons. The van der Waals surface area contributed by atoms with Gasteiger partial charge in [0.2, 0.25) is 0 Å². The van der Waals surface area contributed by atoms with E-state index in [2.05, 4.69) is 36.9 Å². The van der Waals surface area contributed by atoms with Gasteiger partial charge in [-0.3, -0.25) is 0 Å². The average Bonchev–Trinajstić information content (AvgIpc) is 2.99. The predicted octanol–water partition coefficient (Wildman–Crippen LogP) is 5.68. The van der Waals surface area contributed by atoms with Crippen molar-refractivity contribution in [3.05, 3.63) is 42.0 Å². The Morgan fingerprint density at radius 2 is 1.68 bits per heavy atom. The topological polar surface area (TPSA) is 25.6 Å². The van der Waals surface area contributed by atoms with Crippen LogP contribution < -0.4 is 4.74 Å². The van der Waals surface area contributed by atoms with Crippen LogP contribution in [0.3, 0.4) is 0 Å². The van der Waals surface area contributed by atoms with Crippen LogP contribution in [-0.2, 0) is 6.42 Å². The quantitative estimate of drug-likeness (QED) is 0.516. The molecule has 0 amide bonds. The fraction of sp³-hybridized carbons (Fsp3) is 0.429. The predicted molar refractivity (Wildman–Crippen MR) is 108 cm³/mol. The maximum absolute atomic E-state index is 6.08. The van der Waals surface area contributed by atoms with Crippen molar-refractivity contribution >= 4 is 34.3 Å². The number of hydrogen-bond acceptors (Lipinski definition) is 3. The van der Waals surface area contributed by atoms with Crippen molar-refractivity contribution < 1.29 is 9.15 Å². The summed E-state index contributed by atoms with van der Waals surface area (Å²) in [5.74, 6) is 0.809. The second kappa shape index (κ2) is 9.12. The summed E-state index contributed by atoms with van der Waals surface area (Å²) in [6.07, 6.45) is 3.43. The Kier molecular flexibility index (Phi) is 7.15. The summed E-state index contributed by atoms with van der Waals surface area (Å²) in [6, 6.07) is 12.5. The van der Waals surface area contributed by atoms with E-state index in [1.54, 1.807) is 7.11 Å². The van der Waals surface area contributed by atoms with E-state index in [1.165, 1.54) is 42.3 Å². The molecular formula is C21H28ClNO2. The Morgan fingerprint density at radius 3 is 2.36 bits per heavy atom. The van der Waals surface area contributed by atoms with Crippen LogP contribution >= 0.6 is 12.4 Å². The van der Waals surface area contributed by atoms with Crippen molar-refractivity contribution in [3.8, 4) is 5.75 Å². The van der Waals surface area contributed by atoms with E-state index in [0.717, 1.165) is 29.9 Å². The molecule has 0 aliphatic rings. The fourth-order valence-corrected chi connectivity index (χ4v) is 3.49. The zero-order valence-electron chi connectivity index (χ0n) is 15.4. The number of methoxy groups -OCH3 is 1. The van der Waals surface area contributed by atoms with Gasteiger partial charge in [-0.1, -0.05) is 38.1 Å². The molecule has 25 heavy (non-hydrogen) atoms. The van der Waals surface area contributed by atoms with Crippen LogP contribution in [0, 0.1) is 0 Å². The van der Waals surface area contributed by atoms with Crippen molar-refractivity contribution in [2.45, 2.75) is 33.1 Å². The molecular weight excluding hydrogens is 334 g/mol. The fourth-order valence-electron chi connectivity index (χ4n) is 3.49. The molecule has 1 heterocycles. The monoisotopic (exact) mass is 361 g/mol. The normalized spacial score (nSPS) is 11.2. The molecule has 3 rings (SSSR count). The first kappa shape index (κ1) is 19.6. The van der Waals surface area contributed by atoms with Crippen LogP contribution in [0.25, 0.3) is 21.9 Å². The summed E-state index contributed by atoms with van der Waals surface area (Å²) in [6.45, 7) is 7.91. The van der Waals surface area contributed by atoms with Crippen molar-refractivity contribution in [1.29, 1.82) is 0 Å². The molecule has 0 saturated heterocycles. The number of hydrogen-bond donors (Lipinski definition) is 0. The van der Waals surface area contributed by atoms with Gasteiger partial charge in [-0.05, 0) is 50.0 Å². The second-order valence-electron chi connectivity index (χ2n) is 6.32. The van der Waals surface area contributed by atoms with Gasteiger partial charge in [0.15, 0.2) is 11.3 Å². The summed E-state index contributed by atoms with van der Waals surface area (Å²) in [4.78, 5) is 2.55. The molecule has 0 fully saturated rings. The number of para-hydroxylation sites is 1. The van der Waals surface area contributed by atoms with Crippen LogP contribution in [0.4, 0.5) is 0 Å². The third-order valence-electron chi connectivity index (χ3n) is 4.57. The number of ether oxygens (including phenoxy) is 1. The molecule has 0 aliphatic carbocycles. The Bertz CT molecular complexity index is 806.